The first-order valence-electron chi connectivity index (χ1n) is 10.5. The number of hydrogen-bond donors (Lipinski definition) is 2. The normalized spacial score (nSPS) is 16.4. The summed E-state index contributed by atoms with van der Waals surface area (Å²) in [5.74, 6) is 2.05. The molecule has 2 aliphatic rings. The van der Waals surface area contributed by atoms with Crippen molar-refractivity contribution in [3.8, 4) is 5.75 Å². The standard InChI is InChI=1S/C22H24N6O3/c1-31-17-5-3-2-4-15(17)22(30)28-12-10-27(11-13-28)18-9-8-16-19(23-18)25-26-20(16)24-21(29)14-6-7-14/h2-5,8-9,14H,6-7,10-13H2,1H3,(H2,23,24,25,26,29). The zero-order valence-corrected chi connectivity index (χ0v) is 17.3. The zero-order chi connectivity index (χ0) is 21.4. The number of aromatic amines is 1. The largest absolute Gasteiger partial charge is 0.496 e. The fourth-order valence-electron chi connectivity index (χ4n) is 3.86. The molecule has 2 N–H and O–H groups in total. The molecule has 0 atom stereocenters. The monoisotopic (exact) mass is 420 g/mol. The van der Waals surface area contributed by atoms with Crippen molar-refractivity contribution in [3.63, 3.8) is 0 Å². The Morgan fingerprint density at radius 3 is 2.61 bits per heavy atom. The molecule has 5 rings (SSSR count). The van der Waals surface area contributed by atoms with E-state index in [2.05, 4.69) is 25.4 Å². The van der Waals surface area contributed by atoms with Crippen LogP contribution in [0, 0.1) is 5.92 Å². The van der Waals surface area contributed by atoms with Crippen LogP contribution in [0.1, 0.15) is 23.2 Å². The van der Waals surface area contributed by atoms with Crippen LogP contribution in [0.3, 0.4) is 0 Å². The lowest BCUT2D eigenvalue weighted by Gasteiger charge is -2.35. The van der Waals surface area contributed by atoms with Crippen LogP contribution in [0.5, 0.6) is 5.75 Å². The van der Waals surface area contributed by atoms with Gasteiger partial charge in [-0.25, -0.2) is 4.98 Å². The number of para-hydroxylation sites is 1. The van der Waals surface area contributed by atoms with E-state index in [0.717, 1.165) is 24.0 Å². The molecule has 0 bridgehead atoms. The van der Waals surface area contributed by atoms with Gasteiger partial charge in [-0.15, -0.1) is 0 Å². The Bertz CT molecular complexity index is 1130. The number of piperazine rings is 1. The number of hydrogen-bond acceptors (Lipinski definition) is 6. The lowest BCUT2D eigenvalue weighted by atomic mass is 10.1. The molecule has 2 fully saturated rings. The van der Waals surface area contributed by atoms with Gasteiger partial charge < -0.3 is 19.9 Å². The van der Waals surface area contributed by atoms with Crippen molar-refractivity contribution in [2.75, 3.05) is 43.5 Å². The van der Waals surface area contributed by atoms with Crippen molar-refractivity contribution >= 4 is 34.5 Å². The van der Waals surface area contributed by atoms with Crippen LogP contribution in [-0.4, -0.2) is 65.2 Å². The van der Waals surface area contributed by atoms with Gasteiger partial charge in [-0.05, 0) is 37.1 Å². The van der Waals surface area contributed by atoms with Crippen molar-refractivity contribution < 1.29 is 14.3 Å². The van der Waals surface area contributed by atoms with Gasteiger partial charge in [0.25, 0.3) is 5.91 Å². The molecule has 2 amide bonds. The third-order valence-electron chi connectivity index (χ3n) is 5.83. The third kappa shape index (κ3) is 3.78. The molecule has 0 radical (unpaired) electrons. The third-order valence-corrected chi connectivity index (χ3v) is 5.83. The van der Waals surface area contributed by atoms with Gasteiger partial charge in [0.2, 0.25) is 5.91 Å². The number of fused-ring (bicyclic) bond motifs is 1. The molecule has 1 aliphatic heterocycles. The molecular weight excluding hydrogens is 396 g/mol. The second-order valence-corrected chi connectivity index (χ2v) is 7.88. The lowest BCUT2D eigenvalue weighted by Crippen LogP contribution is -2.49. The molecule has 2 aromatic heterocycles. The maximum Gasteiger partial charge on any atom is 0.257 e. The molecule has 160 valence electrons. The minimum absolute atomic E-state index is 0.0216. The number of benzene rings is 1. The molecule has 0 unspecified atom stereocenters. The minimum Gasteiger partial charge on any atom is -0.496 e. The fourth-order valence-corrected chi connectivity index (χ4v) is 3.86. The van der Waals surface area contributed by atoms with Crippen molar-refractivity contribution in [1.82, 2.24) is 20.1 Å². The Hall–Kier alpha value is -3.62. The van der Waals surface area contributed by atoms with E-state index in [1.54, 1.807) is 19.2 Å². The van der Waals surface area contributed by atoms with Crippen molar-refractivity contribution in [2.24, 2.45) is 5.92 Å². The van der Waals surface area contributed by atoms with Crippen molar-refractivity contribution in [2.45, 2.75) is 12.8 Å². The molecule has 9 heteroatoms. The first-order chi connectivity index (χ1) is 15.1. The average Bonchev–Trinajstić information content (AvgIpc) is 3.60. The highest BCUT2D eigenvalue weighted by atomic mass is 16.5. The molecule has 3 aromatic rings. The van der Waals surface area contributed by atoms with Crippen LogP contribution in [-0.2, 0) is 4.79 Å². The predicted molar refractivity (Wildman–Crippen MR) is 116 cm³/mol. The number of anilines is 2. The smallest absolute Gasteiger partial charge is 0.257 e. The Morgan fingerprint density at radius 1 is 1.10 bits per heavy atom. The summed E-state index contributed by atoms with van der Waals surface area (Å²) in [4.78, 5) is 33.6. The summed E-state index contributed by atoms with van der Waals surface area (Å²) in [6.07, 6.45) is 1.89. The lowest BCUT2D eigenvalue weighted by molar-refractivity contribution is -0.117. The molecular formula is C22H24N6O3. The van der Waals surface area contributed by atoms with E-state index >= 15 is 0 Å². The van der Waals surface area contributed by atoms with E-state index in [1.165, 1.54) is 0 Å². The number of ether oxygens (including phenoxy) is 1. The van der Waals surface area contributed by atoms with Gasteiger partial charge in [-0.1, -0.05) is 12.1 Å². The van der Waals surface area contributed by atoms with Crippen LogP contribution in [0.2, 0.25) is 0 Å². The summed E-state index contributed by atoms with van der Waals surface area (Å²) in [5, 5.41) is 10.8. The summed E-state index contributed by atoms with van der Waals surface area (Å²) in [6.45, 7) is 2.56. The number of amides is 2. The van der Waals surface area contributed by atoms with E-state index in [1.807, 2.05) is 29.2 Å². The number of carbonyl (C=O) groups is 2. The SMILES string of the molecule is COc1ccccc1C(=O)N1CCN(c2ccc3c(NC(=O)C4CC4)n[nH]c3n2)CC1. The van der Waals surface area contributed by atoms with Crippen LogP contribution >= 0.6 is 0 Å². The number of nitrogens with zero attached hydrogens (tertiary/aromatic N) is 4. The van der Waals surface area contributed by atoms with Gasteiger partial charge in [-0.2, -0.15) is 5.10 Å². The van der Waals surface area contributed by atoms with E-state index in [0.29, 0.717) is 49.0 Å². The van der Waals surface area contributed by atoms with Gasteiger partial charge in [0.1, 0.15) is 11.6 Å². The van der Waals surface area contributed by atoms with Crippen molar-refractivity contribution in [3.05, 3.63) is 42.0 Å². The number of methoxy groups -OCH3 is 1. The Morgan fingerprint density at radius 2 is 1.87 bits per heavy atom. The molecule has 1 saturated heterocycles. The molecule has 9 nitrogen and oxygen atoms in total. The van der Waals surface area contributed by atoms with Crippen LogP contribution in [0.15, 0.2) is 36.4 Å². The number of H-pyrrole nitrogens is 1. The van der Waals surface area contributed by atoms with Crippen molar-refractivity contribution in [1.29, 1.82) is 0 Å². The zero-order valence-electron chi connectivity index (χ0n) is 17.3. The second kappa shape index (κ2) is 7.90. The predicted octanol–water partition coefficient (Wildman–Crippen LogP) is 2.28. The number of rotatable bonds is 5. The van der Waals surface area contributed by atoms with E-state index in [9.17, 15) is 9.59 Å². The van der Waals surface area contributed by atoms with Gasteiger partial charge >= 0.3 is 0 Å². The fraction of sp³-hybridized carbons (Fsp3) is 0.364. The summed E-state index contributed by atoms with van der Waals surface area (Å²) < 4.78 is 5.33. The number of nitrogens with one attached hydrogen (secondary N) is 2. The molecule has 0 spiro atoms. The van der Waals surface area contributed by atoms with Gasteiger partial charge in [-0.3, -0.25) is 14.7 Å². The Kier molecular flexibility index (Phi) is 4.93. The molecule has 1 aromatic carbocycles. The summed E-state index contributed by atoms with van der Waals surface area (Å²) >= 11 is 0. The summed E-state index contributed by atoms with van der Waals surface area (Å²) in [5.41, 5.74) is 1.22. The quantitative estimate of drug-likeness (QED) is 0.656. The first kappa shape index (κ1) is 19.3. The van der Waals surface area contributed by atoms with Gasteiger partial charge in [0.05, 0.1) is 18.1 Å². The highest BCUT2D eigenvalue weighted by Crippen LogP contribution is 2.31. The topological polar surface area (TPSA) is 103 Å². The van der Waals surface area contributed by atoms with Gasteiger partial charge in [0, 0.05) is 32.1 Å². The van der Waals surface area contributed by atoms with Crippen LogP contribution in [0.25, 0.3) is 11.0 Å². The second-order valence-electron chi connectivity index (χ2n) is 7.88. The van der Waals surface area contributed by atoms with Crippen LogP contribution in [0.4, 0.5) is 11.6 Å². The maximum absolute atomic E-state index is 12.9. The maximum atomic E-state index is 12.9. The number of carbonyl (C=O) groups excluding carboxylic acids is 2. The summed E-state index contributed by atoms with van der Waals surface area (Å²) in [7, 11) is 1.57. The highest BCUT2D eigenvalue weighted by molar-refractivity contribution is 6.00. The Labute approximate surface area is 179 Å². The number of pyridine rings is 1. The summed E-state index contributed by atoms with van der Waals surface area (Å²) in [6, 6.07) is 11.2. The first-order valence-corrected chi connectivity index (χ1v) is 10.5. The van der Waals surface area contributed by atoms with Gasteiger partial charge in [0.15, 0.2) is 11.5 Å². The molecule has 3 heterocycles. The average molecular weight is 420 g/mol. The minimum atomic E-state index is -0.0230. The number of aromatic nitrogens is 3. The van der Waals surface area contributed by atoms with E-state index in [4.69, 9.17) is 4.74 Å². The van der Waals surface area contributed by atoms with E-state index in [-0.39, 0.29) is 17.7 Å². The van der Waals surface area contributed by atoms with Crippen LogP contribution < -0.4 is 15.0 Å². The molecule has 1 aliphatic carbocycles. The highest BCUT2D eigenvalue weighted by Gasteiger charge is 2.30. The molecule has 31 heavy (non-hydrogen) atoms. The van der Waals surface area contributed by atoms with E-state index < -0.39 is 0 Å². The Balaban J connectivity index is 1.26. The molecule has 1 saturated carbocycles.